The number of nitrogens with one attached hydrogen (secondary N) is 3. The summed E-state index contributed by atoms with van der Waals surface area (Å²) in [4.78, 5) is 21.9. The Labute approximate surface area is 104 Å². The van der Waals surface area contributed by atoms with E-state index in [0.29, 0.717) is 31.6 Å². The molecule has 0 aliphatic heterocycles. The average molecular weight is 246 g/mol. The van der Waals surface area contributed by atoms with Crippen molar-refractivity contribution in [3.8, 4) is 0 Å². The van der Waals surface area contributed by atoms with Crippen molar-refractivity contribution in [1.29, 1.82) is 0 Å². The first-order chi connectivity index (χ1) is 8.83. The molecule has 0 fully saturated rings. The van der Waals surface area contributed by atoms with E-state index in [-0.39, 0.29) is 5.91 Å². The van der Waals surface area contributed by atoms with Crippen LogP contribution in [0.2, 0.25) is 0 Å². The van der Waals surface area contributed by atoms with E-state index in [1.807, 2.05) is 24.3 Å². The first-order valence-corrected chi connectivity index (χ1v) is 5.71. The minimum atomic E-state index is -0.210. The van der Waals surface area contributed by atoms with E-state index in [0.717, 1.165) is 10.9 Å². The van der Waals surface area contributed by atoms with Crippen molar-refractivity contribution in [2.75, 3.05) is 13.1 Å². The van der Waals surface area contributed by atoms with Crippen molar-refractivity contribution in [1.82, 2.24) is 20.8 Å². The smallest absolute Gasteiger partial charge is 0.272 e. The van der Waals surface area contributed by atoms with Crippen LogP contribution in [0.4, 0.5) is 0 Å². The summed E-state index contributed by atoms with van der Waals surface area (Å²) in [5, 5.41) is 12.9. The van der Waals surface area contributed by atoms with E-state index in [1.165, 1.54) is 0 Å². The van der Waals surface area contributed by atoms with Crippen LogP contribution in [0.25, 0.3) is 10.9 Å². The number of rotatable bonds is 6. The van der Waals surface area contributed by atoms with Gasteiger partial charge in [-0.1, -0.05) is 18.2 Å². The van der Waals surface area contributed by atoms with E-state index in [2.05, 4.69) is 20.8 Å². The third kappa shape index (κ3) is 2.65. The van der Waals surface area contributed by atoms with Crippen LogP contribution in [0.1, 0.15) is 16.9 Å². The van der Waals surface area contributed by atoms with Crippen LogP contribution in [0.15, 0.2) is 24.3 Å². The number of carbonyl (C=O) groups excluding carboxylic acids is 2. The normalized spacial score (nSPS) is 10.2. The Morgan fingerprint density at radius 2 is 2.17 bits per heavy atom. The molecule has 6 nitrogen and oxygen atoms in total. The van der Waals surface area contributed by atoms with Gasteiger partial charge in [0.05, 0.1) is 5.52 Å². The largest absolute Gasteiger partial charge is 0.359 e. The second kappa shape index (κ2) is 5.81. The number of hydrogen-bond acceptors (Lipinski definition) is 3. The van der Waals surface area contributed by atoms with Crippen LogP contribution < -0.4 is 10.6 Å². The van der Waals surface area contributed by atoms with Gasteiger partial charge in [-0.3, -0.25) is 14.7 Å². The van der Waals surface area contributed by atoms with Gasteiger partial charge in [0.1, 0.15) is 0 Å². The summed E-state index contributed by atoms with van der Waals surface area (Å²) < 4.78 is 0. The summed E-state index contributed by atoms with van der Waals surface area (Å²) in [5.74, 6) is -0.210. The average Bonchev–Trinajstić information content (AvgIpc) is 2.82. The molecule has 2 rings (SSSR count). The van der Waals surface area contributed by atoms with Gasteiger partial charge in [0, 0.05) is 18.5 Å². The molecule has 0 aliphatic rings. The van der Waals surface area contributed by atoms with Crippen LogP contribution in [0.3, 0.4) is 0 Å². The molecule has 2 amide bonds. The lowest BCUT2D eigenvalue weighted by molar-refractivity contribution is -0.109. The Kier molecular flexibility index (Phi) is 3.90. The number of hydrogen-bond donors (Lipinski definition) is 3. The molecule has 2 aromatic rings. The highest BCUT2D eigenvalue weighted by atomic mass is 16.2. The Morgan fingerprint density at radius 3 is 3.00 bits per heavy atom. The van der Waals surface area contributed by atoms with E-state index in [1.54, 1.807) is 0 Å². The van der Waals surface area contributed by atoms with Crippen molar-refractivity contribution in [2.24, 2.45) is 0 Å². The molecule has 0 bridgehead atoms. The fourth-order valence-electron chi connectivity index (χ4n) is 1.67. The lowest BCUT2D eigenvalue weighted by Crippen LogP contribution is -2.27. The van der Waals surface area contributed by atoms with Crippen molar-refractivity contribution < 1.29 is 9.59 Å². The molecular weight excluding hydrogens is 232 g/mol. The highest BCUT2D eigenvalue weighted by Gasteiger charge is 2.12. The first-order valence-electron chi connectivity index (χ1n) is 5.71. The van der Waals surface area contributed by atoms with Crippen LogP contribution in [0, 0.1) is 0 Å². The number of para-hydroxylation sites is 1. The topological polar surface area (TPSA) is 86.9 Å². The number of carbonyl (C=O) groups is 2. The number of fused-ring (bicyclic) bond motifs is 1. The fraction of sp³-hybridized carbons (Fsp3) is 0.250. The van der Waals surface area contributed by atoms with Crippen LogP contribution in [0.5, 0.6) is 0 Å². The van der Waals surface area contributed by atoms with Gasteiger partial charge in [0.15, 0.2) is 5.69 Å². The van der Waals surface area contributed by atoms with Gasteiger partial charge < -0.3 is 10.6 Å². The van der Waals surface area contributed by atoms with Gasteiger partial charge in [-0.05, 0) is 12.5 Å². The number of amides is 2. The SMILES string of the molecule is O=CNCCCNC(=O)c1n[nH]c2ccccc12. The number of benzene rings is 1. The van der Waals surface area contributed by atoms with Gasteiger partial charge >= 0.3 is 0 Å². The molecular formula is C12H14N4O2. The lowest BCUT2D eigenvalue weighted by atomic mass is 10.2. The lowest BCUT2D eigenvalue weighted by Gasteiger charge is -2.02. The number of nitrogens with zero attached hydrogens (tertiary/aromatic N) is 1. The van der Waals surface area contributed by atoms with E-state index >= 15 is 0 Å². The predicted molar refractivity (Wildman–Crippen MR) is 67.1 cm³/mol. The first kappa shape index (κ1) is 12.1. The second-order valence-corrected chi connectivity index (χ2v) is 3.80. The maximum absolute atomic E-state index is 11.9. The van der Waals surface area contributed by atoms with Crippen molar-refractivity contribution in [3.63, 3.8) is 0 Å². The minimum Gasteiger partial charge on any atom is -0.359 e. The molecule has 0 spiro atoms. The van der Waals surface area contributed by atoms with Crippen LogP contribution in [-0.4, -0.2) is 35.6 Å². The third-order valence-electron chi connectivity index (χ3n) is 2.55. The molecule has 0 unspecified atom stereocenters. The molecule has 1 heterocycles. The summed E-state index contributed by atoms with van der Waals surface area (Å²) in [6, 6.07) is 7.46. The molecule has 0 radical (unpaired) electrons. The Hall–Kier alpha value is -2.37. The molecule has 1 aromatic heterocycles. The zero-order chi connectivity index (χ0) is 12.8. The molecule has 18 heavy (non-hydrogen) atoms. The zero-order valence-electron chi connectivity index (χ0n) is 9.77. The Bertz CT molecular complexity index is 550. The Balaban J connectivity index is 1.94. The number of aromatic amines is 1. The summed E-state index contributed by atoms with van der Waals surface area (Å²) in [5.41, 5.74) is 1.24. The number of H-pyrrole nitrogens is 1. The molecule has 1 aromatic carbocycles. The van der Waals surface area contributed by atoms with Crippen molar-refractivity contribution >= 4 is 23.2 Å². The molecule has 3 N–H and O–H groups in total. The molecule has 6 heteroatoms. The molecule has 0 saturated heterocycles. The summed E-state index contributed by atoms with van der Waals surface area (Å²) in [6.07, 6.45) is 1.33. The second-order valence-electron chi connectivity index (χ2n) is 3.80. The molecule has 0 saturated carbocycles. The fourth-order valence-corrected chi connectivity index (χ4v) is 1.67. The van der Waals surface area contributed by atoms with E-state index in [4.69, 9.17) is 0 Å². The Morgan fingerprint density at radius 1 is 1.33 bits per heavy atom. The standard InChI is InChI=1S/C12H14N4O2/c17-8-13-6-3-7-14-12(18)11-9-4-1-2-5-10(9)15-16-11/h1-2,4-5,8H,3,6-7H2,(H,13,17)(H,14,18)(H,15,16). The zero-order valence-corrected chi connectivity index (χ0v) is 9.77. The molecule has 94 valence electrons. The van der Waals surface area contributed by atoms with E-state index in [9.17, 15) is 9.59 Å². The van der Waals surface area contributed by atoms with Gasteiger partial charge in [0.25, 0.3) is 5.91 Å². The van der Waals surface area contributed by atoms with Crippen LogP contribution >= 0.6 is 0 Å². The highest BCUT2D eigenvalue weighted by molar-refractivity contribution is 6.04. The van der Waals surface area contributed by atoms with Crippen molar-refractivity contribution in [2.45, 2.75) is 6.42 Å². The monoisotopic (exact) mass is 246 g/mol. The van der Waals surface area contributed by atoms with Crippen LogP contribution in [-0.2, 0) is 4.79 Å². The molecule has 0 aliphatic carbocycles. The number of aromatic nitrogens is 2. The van der Waals surface area contributed by atoms with Gasteiger partial charge in [-0.15, -0.1) is 0 Å². The summed E-state index contributed by atoms with van der Waals surface area (Å²) >= 11 is 0. The highest BCUT2D eigenvalue weighted by Crippen LogP contribution is 2.14. The summed E-state index contributed by atoms with van der Waals surface area (Å²) in [7, 11) is 0. The third-order valence-corrected chi connectivity index (χ3v) is 2.55. The van der Waals surface area contributed by atoms with Gasteiger partial charge in [-0.2, -0.15) is 5.10 Å². The quantitative estimate of drug-likeness (QED) is 0.510. The summed E-state index contributed by atoms with van der Waals surface area (Å²) in [6.45, 7) is 1.05. The maximum atomic E-state index is 11.9. The van der Waals surface area contributed by atoms with E-state index < -0.39 is 0 Å². The van der Waals surface area contributed by atoms with Crippen molar-refractivity contribution in [3.05, 3.63) is 30.0 Å². The molecule has 0 atom stereocenters. The van der Waals surface area contributed by atoms with Gasteiger partial charge in [-0.25, -0.2) is 0 Å². The predicted octanol–water partition coefficient (Wildman–Crippen LogP) is 0.429. The maximum Gasteiger partial charge on any atom is 0.272 e. The minimum absolute atomic E-state index is 0.210. The van der Waals surface area contributed by atoms with Gasteiger partial charge in [0.2, 0.25) is 6.41 Å².